The monoisotopic (exact) mass is 321 g/mol. The van der Waals surface area contributed by atoms with Gasteiger partial charge in [0.15, 0.2) is 16.7 Å². The maximum Gasteiger partial charge on any atom is 0.230 e. The molecule has 1 aromatic heterocycles. The Hall–Kier alpha value is -2.15. The summed E-state index contributed by atoms with van der Waals surface area (Å²) >= 11 is 1.38. The number of carbonyl (C=O) groups excluding carboxylic acids is 1. The van der Waals surface area contributed by atoms with E-state index in [0.29, 0.717) is 23.8 Å². The minimum absolute atomic E-state index is 0.0122. The van der Waals surface area contributed by atoms with Crippen molar-refractivity contribution in [1.82, 2.24) is 15.3 Å². The SMILES string of the molecule is COc1ccc(CCNC(=O)CSc2ncc[nH]2)cc1OC. The fourth-order valence-electron chi connectivity index (χ4n) is 1.90. The van der Waals surface area contributed by atoms with E-state index in [1.54, 1.807) is 26.6 Å². The number of benzene rings is 1. The molecule has 0 atom stereocenters. The van der Waals surface area contributed by atoms with E-state index < -0.39 is 0 Å². The lowest BCUT2D eigenvalue weighted by Crippen LogP contribution is -2.27. The molecule has 0 aliphatic carbocycles. The molecule has 6 nitrogen and oxygen atoms in total. The van der Waals surface area contributed by atoms with Crippen molar-refractivity contribution < 1.29 is 14.3 Å². The lowest BCUT2D eigenvalue weighted by molar-refractivity contribution is -0.118. The number of ether oxygens (including phenoxy) is 2. The summed E-state index contributed by atoms with van der Waals surface area (Å²) in [5.74, 6) is 1.73. The second-order valence-corrected chi connectivity index (χ2v) is 5.44. The molecule has 2 N–H and O–H groups in total. The van der Waals surface area contributed by atoms with Crippen LogP contribution in [0.1, 0.15) is 5.56 Å². The summed E-state index contributed by atoms with van der Waals surface area (Å²) in [6, 6.07) is 5.75. The minimum Gasteiger partial charge on any atom is -0.493 e. The van der Waals surface area contributed by atoms with Gasteiger partial charge in [0.1, 0.15) is 0 Å². The van der Waals surface area contributed by atoms with Gasteiger partial charge in [-0.1, -0.05) is 17.8 Å². The predicted octanol–water partition coefficient (Wildman–Crippen LogP) is 1.88. The molecule has 0 aliphatic heterocycles. The number of hydrogen-bond donors (Lipinski definition) is 2. The number of rotatable bonds is 8. The summed E-state index contributed by atoms with van der Waals surface area (Å²) in [6.07, 6.45) is 4.13. The van der Waals surface area contributed by atoms with Crippen LogP contribution in [-0.4, -0.2) is 42.4 Å². The Morgan fingerprint density at radius 3 is 2.82 bits per heavy atom. The molecular formula is C15H19N3O3S. The van der Waals surface area contributed by atoms with Crippen molar-refractivity contribution in [3.05, 3.63) is 36.2 Å². The molecule has 0 saturated carbocycles. The van der Waals surface area contributed by atoms with E-state index in [1.165, 1.54) is 11.8 Å². The first-order valence-corrected chi connectivity index (χ1v) is 7.81. The number of hydrogen-bond acceptors (Lipinski definition) is 5. The van der Waals surface area contributed by atoms with Gasteiger partial charge in [0, 0.05) is 18.9 Å². The number of amides is 1. The number of thioether (sulfide) groups is 1. The summed E-state index contributed by atoms with van der Waals surface area (Å²) in [5.41, 5.74) is 1.08. The quantitative estimate of drug-likeness (QED) is 0.726. The molecule has 1 heterocycles. The van der Waals surface area contributed by atoms with Gasteiger partial charge in [-0.15, -0.1) is 0 Å². The number of carbonyl (C=O) groups is 1. The molecule has 0 spiro atoms. The molecule has 2 aromatic rings. The van der Waals surface area contributed by atoms with Gasteiger partial charge in [-0.05, 0) is 24.1 Å². The van der Waals surface area contributed by atoms with Gasteiger partial charge in [-0.25, -0.2) is 4.98 Å². The zero-order valence-electron chi connectivity index (χ0n) is 12.6. The molecule has 118 valence electrons. The molecule has 0 unspecified atom stereocenters. The Morgan fingerprint density at radius 2 is 2.14 bits per heavy atom. The van der Waals surface area contributed by atoms with Gasteiger partial charge < -0.3 is 19.8 Å². The number of aromatic amines is 1. The molecule has 0 bridgehead atoms. The van der Waals surface area contributed by atoms with Crippen LogP contribution in [0.3, 0.4) is 0 Å². The van der Waals surface area contributed by atoms with Crippen LogP contribution in [0.25, 0.3) is 0 Å². The molecule has 0 fully saturated rings. The fraction of sp³-hybridized carbons (Fsp3) is 0.333. The summed E-state index contributed by atoms with van der Waals surface area (Å²) in [5, 5.41) is 3.63. The van der Waals surface area contributed by atoms with Crippen LogP contribution in [0.15, 0.2) is 35.7 Å². The Labute approximate surface area is 133 Å². The Morgan fingerprint density at radius 1 is 1.32 bits per heavy atom. The average Bonchev–Trinajstić information content (AvgIpc) is 3.06. The lowest BCUT2D eigenvalue weighted by Gasteiger charge is -2.10. The van der Waals surface area contributed by atoms with Gasteiger partial charge >= 0.3 is 0 Å². The maximum absolute atomic E-state index is 11.7. The first-order valence-electron chi connectivity index (χ1n) is 6.82. The van der Waals surface area contributed by atoms with Crippen LogP contribution in [0, 0.1) is 0 Å². The minimum atomic E-state index is -0.0122. The molecule has 0 radical (unpaired) electrons. The molecule has 0 aliphatic rings. The summed E-state index contributed by atoms with van der Waals surface area (Å²) in [6.45, 7) is 0.576. The van der Waals surface area contributed by atoms with E-state index >= 15 is 0 Å². The van der Waals surface area contributed by atoms with Crippen molar-refractivity contribution in [1.29, 1.82) is 0 Å². The van der Waals surface area contributed by atoms with E-state index in [4.69, 9.17) is 9.47 Å². The molecule has 1 amide bonds. The number of nitrogens with one attached hydrogen (secondary N) is 2. The number of H-pyrrole nitrogens is 1. The maximum atomic E-state index is 11.7. The van der Waals surface area contributed by atoms with E-state index in [0.717, 1.165) is 17.1 Å². The third kappa shape index (κ3) is 4.70. The summed E-state index contributed by atoms with van der Waals surface area (Å²) < 4.78 is 10.5. The number of aromatic nitrogens is 2. The molecule has 22 heavy (non-hydrogen) atoms. The highest BCUT2D eigenvalue weighted by molar-refractivity contribution is 7.99. The second kappa shape index (κ2) is 8.33. The topological polar surface area (TPSA) is 76.2 Å². The Bertz CT molecular complexity index is 602. The summed E-state index contributed by atoms with van der Waals surface area (Å²) in [4.78, 5) is 18.7. The first-order chi connectivity index (χ1) is 10.7. The Balaban J connectivity index is 1.74. The predicted molar refractivity (Wildman–Crippen MR) is 85.6 cm³/mol. The zero-order chi connectivity index (χ0) is 15.8. The van der Waals surface area contributed by atoms with Crippen molar-refractivity contribution >= 4 is 17.7 Å². The van der Waals surface area contributed by atoms with Gasteiger partial charge in [0.05, 0.1) is 20.0 Å². The van der Waals surface area contributed by atoms with E-state index in [1.807, 2.05) is 18.2 Å². The first kappa shape index (κ1) is 16.2. The van der Waals surface area contributed by atoms with Crippen LogP contribution in [0.4, 0.5) is 0 Å². The smallest absolute Gasteiger partial charge is 0.230 e. The molecule has 0 saturated heterocycles. The fourth-order valence-corrected chi connectivity index (χ4v) is 2.55. The number of methoxy groups -OCH3 is 2. The van der Waals surface area contributed by atoms with E-state index in [9.17, 15) is 4.79 Å². The van der Waals surface area contributed by atoms with Crippen LogP contribution >= 0.6 is 11.8 Å². The molecule has 1 aromatic carbocycles. The lowest BCUT2D eigenvalue weighted by atomic mass is 10.1. The standard InChI is InChI=1S/C15H19N3O3S/c1-20-12-4-3-11(9-13(12)21-2)5-6-16-14(19)10-22-15-17-7-8-18-15/h3-4,7-9H,5-6,10H2,1-2H3,(H,16,19)(H,17,18). The highest BCUT2D eigenvalue weighted by atomic mass is 32.2. The van der Waals surface area contributed by atoms with Gasteiger partial charge in [0.25, 0.3) is 0 Å². The van der Waals surface area contributed by atoms with Crippen molar-refractivity contribution in [2.75, 3.05) is 26.5 Å². The van der Waals surface area contributed by atoms with Crippen LogP contribution in [0.5, 0.6) is 11.5 Å². The number of imidazole rings is 1. The van der Waals surface area contributed by atoms with Crippen molar-refractivity contribution in [2.24, 2.45) is 0 Å². The van der Waals surface area contributed by atoms with Gasteiger partial charge in [-0.2, -0.15) is 0 Å². The van der Waals surface area contributed by atoms with Crippen molar-refractivity contribution in [3.8, 4) is 11.5 Å². The van der Waals surface area contributed by atoms with E-state index in [2.05, 4.69) is 15.3 Å². The normalized spacial score (nSPS) is 10.3. The largest absolute Gasteiger partial charge is 0.493 e. The van der Waals surface area contributed by atoms with Crippen molar-refractivity contribution in [2.45, 2.75) is 11.6 Å². The third-order valence-electron chi connectivity index (χ3n) is 3.00. The van der Waals surface area contributed by atoms with Crippen LogP contribution < -0.4 is 14.8 Å². The average molecular weight is 321 g/mol. The van der Waals surface area contributed by atoms with Gasteiger partial charge in [0.2, 0.25) is 5.91 Å². The highest BCUT2D eigenvalue weighted by Crippen LogP contribution is 2.27. The molecule has 7 heteroatoms. The highest BCUT2D eigenvalue weighted by Gasteiger charge is 2.06. The Kier molecular flexibility index (Phi) is 6.14. The van der Waals surface area contributed by atoms with Crippen LogP contribution in [0.2, 0.25) is 0 Å². The van der Waals surface area contributed by atoms with Gasteiger partial charge in [-0.3, -0.25) is 4.79 Å². The summed E-state index contributed by atoms with van der Waals surface area (Å²) in [7, 11) is 3.21. The number of nitrogens with zero attached hydrogens (tertiary/aromatic N) is 1. The van der Waals surface area contributed by atoms with E-state index in [-0.39, 0.29) is 5.91 Å². The third-order valence-corrected chi connectivity index (χ3v) is 3.90. The molecule has 2 rings (SSSR count). The second-order valence-electron chi connectivity index (χ2n) is 4.47. The zero-order valence-corrected chi connectivity index (χ0v) is 13.4. The van der Waals surface area contributed by atoms with Crippen LogP contribution in [-0.2, 0) is 11.2 Å². The molecular weight excluding hydrogens is 302 g/mol. The van der Waals surface area contributed by atoms with Crippen molar-refractivity contribution in [3.63, 3.8) is 0 Å².